The van der Waals surface area contributed by atoms with Crippen LogP contribution in [0.2, 0.25) is 0 Å². The Kier molecular flexibility index (Phi) is 6.85. The Hall–Kier alpha value is -1.67. The standard InChI is InChI=1S/C18H25N3O5/c1-3-22-17-15(20-21-19)18(23-10-9-13-7-5-4-6-8-13)26-14-11-24-12(2)25-16(14)17/h4-8,12,14-18H,3,9-11H2,1-2H3. The first-order valence-electron chi connectivity index (χ1n) is 8.96. The molecule has 6 unspecified atom stereocenters. The molecular formula is C18H25N3O5. The molecule has 2 saturated heterocycles. The quantitative estimate of drug-likeness (QED) is 0.422. The molecule has 2 fully saturated rings. The number of hydrogen-bond acceptors (Lipinski definition) is 6. The number of hydrogen-bond donors (Lipinski definition) is 0. The van der Waals surface area contributed by atoms with Crippen LogP contribution in [0.4, 0.5) is 0 Å². The molecule has 2 aliphatic rings. The molecule has 0 saturated carbocycles. The van der Waals surface area contributed by atoms with Crippen molar-refractivity contribution in [2.45, 2.75) is 57.2 Å². The highest BCUT2D eigenvalue weighted by atomic mass is 16.7. The smallest absolute Gasteiger partial charge is 0.169 e. The van der Waals surface area contributed by atoms with Crippen LogP contribution in [0.1, 0.15) is 19.4 Å². The van der Waals surface area contributed by atoms with Crippen molar-refractivity contribution in [1.82, 2.24) is 0 Å². The van der Waals surface area contributed by atoms with Gasteiger partial charge in [-0.3, -0.25) is 0 Å². The van der Waals surface area contributed by atoms with Gasteiger partial charge in [-0.25, -0.2) is 0 Å². The minimum atomic E-state index is -0.701. The molecule has 6 atom stereocenters. The Labute approximate surface area is 153 Å². The van der Waals surface area contributed by atoms with Gasteiger partial charge in [0.05, 0.1) is 19.3 Å². The zero-order valence-corrected chi connectivity index (χ0v) is 15.1. The fourth-order valence-electron chi connectivity index (χ4n) is 3.32. The molecular weight excluding hydrogens is 338 g/mol. The average Bonchev–Trinajstić information content (AvgIpc) is 2.65. The van der Waals surface area contributed by atoms with E-state index in [1.54, 1.807) is 0 Å². The van der Waals surface area contributed by atoms with Gasteiger partial charge in [-0.1, -0.05) is 35.4 Å². The average molecular weight is 363 g/mol. The lowest BCUT2D eigenvalue weighted by molar-refractivity contribution is -0.339. The van der Waals surface area contributed by atoms with Gasteiger partial charge in [-0.15, -0.1) is 0 Å². The lowest BCUT2D eigenvalue weighted by Crippen LogP contribution is -2.63. The van der Waals surface area contributed by atoms with Crippen LogP contribution in [0.25, 0.3) is 10.4 Å². The van der Waals surface area contributed by atoms with Crippen LogP contribution in [0.5, 0.6) is 0 Å². The minimum Gasteiger partial charge on any atom is -0.375 e. The Morgan fingerprint density at radius 2 is 2.04 bits per heavy atom. The first-order chi connectivity index (χ1) is 12.7. The van der Waals surface area contributed by atoms with E-state index in [9.17, 15) is 0 Å². The van der Waals surface area contributed by atoms with Crippen molar-refractivity contribution in [2.75, 3.05) is 19.8 Å². The zero-order valence-electron chi connectivity index (χ0n) is 15.1. The molecule has 0 bridgehead atoms. The van der Waals surface area contributed by atoms with E-state index >= 15 is 0 Å². The predicted octanol–water partition coefficient (Wildman–Crippen LogP) is 2.82. The SMILES string of the molecule is CCOC1C(N=[N+]=[N-])C(OCCc2ccccc2)OC2COC(C)OC21. The third-order valence-electron chi connectivity index (χ3n) is 4.52. The molecule has 0 aromatic heterocycles. The minimum absolute atomic E-state index is 0.324. The van der Waals surface area contributed by atoms with Crippen molar-refractivity contribution < 1.29 is 23.7 Å². The van der Waals surface area contributed by atoms with Crippen molar-refractivity contribution in [3.63, 3.8) is 0 Å². The molecule has 0 aliphatic carbocycles. The topological polar surface area (TPSA) is 94.9 Å². The summed E-state index contributed by atoms with van der Waals surface area (Å²) in [5.41, 5.74) is 10.2. The predicted molar refractivity (Wildman–Crippen MR) is 93.4 cm³/mol. The van der Waals surface area contributed by atoms with Gasteiger partial charge < -0.3 is 23.7 Å². The Morgan fingerprint density at radius 3 is 2.77 bits per heavy atom. The lowest BCUT2D eigenvalue weighted by atomic mass is 9.96. The van der Waals surface area contributed by atoms with Crippen LogP contribution in [0.3, 0.4) is 0 Å². The van der Waals surface area contributed by atoms with Crippen LogP contribution in [0, 0.1) is 0 Å². The largest absolute Gasteiger partial charge is 0.375 e. The molecule has 2 aliphatic heterocycles. The van der Waals surface area contributed by atoms with Gasteiger partial charge >= 0.3 is 0 Å². The van der Waals surface area contributed by atoms with Gasteiger partial charge in [0.15, 0.2) is 12.6 Å². The van der Waals surface area contributed by atoms with Crippen molar-refractivity contribution >= 4 is 0 Å². The molecule has 3 rings (SSSR count). The second-order valence-electron chi connectivity index (χ2n) is 6.27. The number of nitrogens with zero attached hydrogens (tertiary/aromatic N) is 3. The van der Waals surface area contributed by atoms with Gasteiger partial charge in [0.25, 0.3) is 0 Å². The van der Waals surface area contributed by atoms with Gasteiger partial charge in [0, 0.05) is 11.5 Å². The highest BCUT2D eigenvalue weighted by Gasteiger charge is 2.50. The summed E-state index contributed by atoms with van der Waals surface area (Å²) in [6.07, 6.45) is -1.44. The van der Waals surface area contributed by atoms with Crippen LogP contribution in [-0.2, 0) is 30.1 Å². The van der Waals surface area contributed by atoms with Crippen molar-refractivity contribution in [1.29, 1.82) is 0 Å². The molecule has 26 heavy (non-hydrogen) atoms. The molecule has 2 heterocycles. The molecule has 1 aromatic carbocycles. The summed E-state index contributed by atoms with van der Waals surface area (Å²) < 4.78 is 29.2. The third kappa shape index (κ3) is 4.54. The van der Waals surface area contributed by atoms with E-state index in [1.165, 1.54) is 5.56 Å². The summed E-state index contributed by atoms with van der Waals surface area (Å²) in [5, 5.41) is 3.89. The lowest BCUT2D eigenvalue weighted by Gasteiger charge is -2.47. The van der Waals surface area contributed by atoms with Gasteiger partial charge in [-0.05, 0) is 31.4 Å². The monoisotopic (exact) mass is 363 g/mol. The number of ether oxygens (including phenoxy) is 5. The first-order valence-corrected chi connectivity index (χ1v) is 8.96. The van der Waals surface area contributed by atoms with Gasteiger partial charge in [0.1, 0.15) is 18.2 Å². The fourth-order valence-corrected chi connectivity index (χ4v) is 3.32. The van der Waals surface area contributed by atoms with E-state index < -0.39 is 18.4 Å². The summed E-state index contributed by atoms with van der Waals surface area (Å²) in [7, 11) is 0. The van der Waals surface area contributed by atoms with Gasteiger partial charge in [-0.2, -0.15) is 0 Å². The Balaban J connectivity index is 1.69. The van der Waals surface area contributed by atoms with Crippen LogP contribution in [0.15, 0.2) is 35.4 Å². The molecule has 0 amide bonds. The maximum Gasteiger partial charge on any atom is 0.169 e. The maximum absolute atomic E-state index is 9.00. The number of benzene rings is 1. The number of rotatable bonds is 7. The molecule has 0 radical (unpaired) electrons. The van der Waals surface area contributed by atoms with E-state index in [0.29, 0.717) is 19.8 Å². The molecule has 142 valence electrons. The zero-order chi connectivity index (χ0) is 18.4. The highest BCUT2D eigenvalue weighted by molar-refractivity contribution is 5.14. The van der Waals surface area contributed by atoms with Crippen molar-refractivity contribution in [3.8, 4) is 0 Å². The summed E-state index contributed by atoms with van der Waals surface area (Å²) in [6, 6.07) is 9.41. The summed E-state index contributed by atoms with van der Waals surface area (Å²) >= 11 is 0. The summed E-state index contributed by atoms with van der Waals surface area (Å²) in [6.45, 7) is 5.02. The Morgan fingerprint density at radius 1 is 1.23 bits per heavy atom. The van der Waals surface area contributed by atoms with Crippen molar-refractivity contribution in [2.24, 2.45) is 5.11 Å². The van der Waals surface area contributed by atoms with Gasteiger partial charge in [0.2, 0.25) is 0 Å². The molecule has 8 nitrogen and oxygen atoms in total. The van der Waals surface area contributed by atoms with E-state index in [1.807, 2.05) is 44.2 Å². The molecule has 0 spiro atoms. The molecule has 1 aromatic rings. The van der Waals surface area contributed by atoms with E-state index in [0.717, 1.165) is 6.42 Å². The summed E-state index contributed by atoms with van der Waals surface area (Å²) in [5.74, 6) is 0. The first kappa shape index (κ1) is 19.1. The fraction of sp³-hybridized carbons (Fsp3) is 0.667. The van der Waals surface area contributed by atoms with E-state index in [2.05, 4.69) is 10.0 Å². The highest BCUT2D eigenvalue weighted by Crippen LogP contribution is 2.32. The third-order valence-corrected chi connectivity index (χ3v) is 4.52. The van der Waals surface area contributed by atoms with E-state index in [-0.39, 0.29) is 18.5 Å². The van der Waals surface area contributed by atoms with E-state index in [4.69, 9.17) is 29.2 Å². The normalized spacial score (nSPS) is 33.9. The maximum atomic E-state index is 9.00. The second-order valence-corrected chi connectivity index (χ2v) is 6.27. The number of azide groups is 1. The molecule has 8 heteroatoms. The van der Waals surface area contributed by atoms with Crippen molar-refractivity contribution in [3.05, 3.63) is 46.3 Å². The molecule has 0 N–H and O–H groups in total. The second kappa shape index (κ2) is 9.32. The van der Waals surface area contributed by atoms with Crippen LogP contribution in [-0.4, -0.2) is 56.8 Å². The Bertz CT molecular complexity index is 610. The van der Waals surface area contributed by atoms with Crippen LogP contribution < -0.4 is 0 Å². The van der Waals surface area contributed by atoms with Crippen LogP contribution >= 0.6 is 0 Å². The number of fused-ring (bicyclic) bond motifs is 1. The summed E-state index contributed by atoms with van der Waals surface area (Å²) in [4.78, 5) is 2.96.